The van der Waals surface area contributed by atoms with Crippen LogP contribution in [0, 0.1) is 10.1 Å². The van der Waals surface area contributed by atoms with E-state index in [1.165, 1.54) is 12.3 Å². The summed E-state index contributed by atoms with van der Waals surface area (Å²) >= 11 is 5.88. The van der Waals surface area contributed by atoms with Gasteiger partial charge in [0.25, 0.3) is 11.6 Å². The second-order valence-corrected chi connectivity index (χ2v) is 4.24. The second-order valence-electron chi connectivity index (χ2n) is 3.63. The minimum atomic E-state index is -0.569. The molecule has 1 atom stereocenters. The van der Waals surface area contributed by atoms with Crippen molar-refractivity contribution < 1.29 is 14.5 Å². The number of H-pyrrole nitrogens is 1. The predicted octanol–water partition coefficient (Wildman–Crippen LogP) is 1.30. The van der Waals surface area contributed by atoms with Crippen molar-refractivity contribution in [3.63, 3.8) is 0 Å². The average molecular weight is 276 g/mol. The van der Waals surface area contributed by atoms with Crippen molar-refractivity contribution in [3.05, 3.63) is 28.1 Å². The predicted molar refractivity (Wildman–Crippen MR) is 65.9 cm³/mol. The molecular formula is C10H14ClN3O4. The van der Waals surface area contributed by atoms with E-state index in [1.807, 2.05) is 0 Å². The number of carbonyl (C=O) groups is 1. The molecule has 0 aliphatic heterocycles. The Kier molecular flexibility index (Phi) is 5.60. The normalized spacial score (nSPS) is 12.1. The zero-order valence-corrected chi connectivity index (χ0v) is 10.6. The minimum Gasteiger partial charge on any atom is -0.383 e. The number of aromatic amines is 1. The number of alkyl halides is 1. The zero-order chi connectivity index (χ0) is 13.5. The number of ether oxygens (including phenoxy) is 1. The van der Waals surface area contributed by atoms with Gasteiger partial charge in [0.2, 0.25) is 0 Å². The molecule has 2 N–H and O–H groups in total. The second kappa shape index (κ2) is 6.97. The molecule has 1 heterocycles. The first kappa shape index (κ1) is 14.5. The van der Waals surface area contributed by atoms with Gasteiger partial charge in [0.1, 0.15) is 5.69 Å². The third-order valence-corrected chi connectivity index (χ3v) is 2.56. The Morgan fingerprint density at radius 2 is 2.44 bits per heavy atom. The lowest BCUT2D eigenvalue weighted by molar-refractivity contribution is -0.384. The van der Waals surface area contributed by atoms with Crippen molar-refractivity contribution in [1.82, 2.24) is 10.3 Å². The van der Waals surface area contributed by atoms with Gasteiger partial charge in [-0.2, -0.15) is 0 Å². The maximum atomic E-state index is 11.6. The van der Waals surface area contributed by atoms with Crippen molar-refractivity contribution in [2.45, 2.75) is 11.8 Å². The lowest BCUT2D eigenvalue weighted by Crippen LogP contribution is -2.27. The Bertz CT molecular complexity index is 421. The molecule has 0 saturated heterocycles. The molecule has 0 bridgehead atoms. The first-order chi connectivity index (χ1) is 8.54. The minimum absolute atomic E-state index is 0.144. The third-order valence-electron chi connectivity index (χ3n) is 2.21. The van der Waals surface area contributed by atoms with Crippen LogP contribution in [0.15, 0.2) is 12.3 Å². The lowest BCUT2D eigenvalue weighted by atomic mass is 10.3. The number of nitrogens with zero attached hydrogens (tertiary/aromatic N) is 1. The fourth-order valence-corrected chi connectivity index (χ4v) is 1.56. The number of nitro groups is 1. The van der Waals surface area contributed by atoms with Crippen LogP contribution in [-0.4, -0.2) is 41.5 Å². The number of carbonyl (C=O) groups excluding carboxylic acids is 1. The van der Waals surface area contributed by atoms with Crippen LogP contribution in [0.3, 0.4) is 0 Å². The molecule has 0 spiro atoms. The highest BCUT2D eigenvalue weighted by Gasteiger charge is 2.14. The molecule has 0 aliphatic rings. The summed E-state index contributed by atoms with van der Waals surface area (Å²) in [4.78, 5) is 24.0. The summed E-state index contributed by atoms with van der Waals surface area (Å²) in [7, 11) is 1.55. The molecule has 8 heteroatoms. The number of rotatable bonds is 7. The molecule has 0 aliphatic carbocycles. The maximum Gasteiger partial charge on any atom is 0.287 e. The molecule has 0 aromatic carbocycles. The molecule has 18 heavy (non-hydrogen) atoms. The number of aromatic nitrogens is 1. The number of nitrogens with one attached hydrogen (secondary N) is 2. The van der Waals surface area contributed by atoms with Gasteiger partial charge in [-0.25, -0.2) is 0 Å². The molecule has 100 valence electrons. The molecule has 1 aromatic heterocycles. The van der Waals surface area contributed by atoms with E-state index in [2.05, 4.69) is 10.3 Å². The van der Waals surface area contributed by atoms with Crippen LogP contribution in [0.25, 0.3) is 0 Å². The maximum absolute atomic E-state index is 11.6. The number of methoxy groups -OCH3 is 1. The summed E-state index contributed by atoms with van der Waals surface area (Å²) in [6, 6.07) is 1.18. The molecule has 0 saturated carbocycles. The number of hydrogen-bond donors (Lipinski definition) is 2. The van der Waals surface area contributed by atoms with Crippen molar-refractivity contribution >= 4 is 23.2 Å². The largest absolute Gasteiger partial charge is 0.383 e. The average Bonchev–Trinajstić information content (AvgIpc) is 2.78. The van der Waals surface area contributed by atoms with E-state index >= 15 is 0 Å². The van der Waals surface area contributed by atoms with E-state index in [0.717, 1.165) is 0 Å². The summed E-state index contributed by atoms with van der Waals surface area (Å²) in [5.74, 6) is -0.399. The fraction of sp³-hybridized carbons (Fsp3) is 0.500. The number of amides is 1. The summed E-state index contributed by atoms with van der Waals surface area (Å²) in [5.41, 5.74) is 0.00863. The molecule has 1 rings (SSSR count). The van der Waals surface area contributed by atoms with Crippen LogP contribution < -0.4 is 5.32 Å². The number of hydrogen-bond acceptors (Lipinski definition) is 4. The van der Waals surface area contributed by atoms with Crippen LogP contribution in [0.2, 0.25) is 0 Å². The van der Waals surface area contributed by atoms with Gasteiger partial charge < -0.3 is 15.0 Å². The van der Waals surface area contributed by atoms with E-state index in [1.54, 1.807) is 7.11 Å². The monoisotopic (exact) mass is 275 g/mol. The van der Waals surface area contributed by atoms with Crippen LogP contribution in [0.1, 0.15) is 16.9 Å². The van der Waals surface area contributed by atoms with Gasteiger partial charge in [-0.15, -0.1) is 11.6 Å². The smallest absolute Gasteiger partial charge is 0.287 e. The zero-order valence-electron chi connectivity index (χ0n) is 9.81. The van der Waals surface area contributed by atoms with Crippen molar-refractivity contribution in [1.29, 1.82) is 0 Å². The highest BCUT2D eigenvalue weighted by molar-refractivity contribution is 6.20. The van der Waals surface area contributed by atoms with E-state index < -0.39 is 10.8 Å². The van der Waals surface area contributed by atoms with E-state index in [4.69, 9.17) is 16.3 Å². The molecule has 0 fully saturated rings. The topological polar surface area (TPSA) is 97.3 Å². The highest BCUT2D eigenvalue weighted by atomic mass is 35.5. The van der Waals surface area contributed by atoms with Gasteiger partial charge in [0, 0.05) is 19.7 Å². The van der Waals surface area contributed by atoms with Crippen molar-refractivity contribution in [2.75, 3.05) is 20.3 Å². The van der Waals surface area contributed by atoms with E-state index in [0.29, 0.717) is 19.6 Å². The highest BCUT2D eigenvalue weighted by Crippen LogP contribution is 2.11. The summed E-state index contributed by atoms with van der Waals surface area (Å²) < 4.78 is 4.85. The Hall–Kier alpha value is -1.60. The van der Waals surface area contributed by atoms with Crippen LogP contribution in [-0.2, 0) is 4.74 Å². The first-order valence-electron chi connectivity index (χ1n) is 5.28. The standard InChI is InChI=1S/C10H14ClN3O4/c1-18-6-7(11)2-3-12-10(15)9-4-8(5-13-9)14(16)17/h4-5,7,13H,2-3,6H2,1H3,(H,12,15). The molecule has 7 nitrogen and oxygen atoms in total. The van der Waals surface area contributed by atoms with Crippen LogP contribution >= 0.6 is 11.6 Å². The summed E-state index contributed by atoms with van der Waals surface area (Å²) in [5, 5.41) is 12.9. The van der Waals surface area contributed by atoms with Gasteiger partial charge >= 0.3 is 0 Å². The molecule has 1 unspecified atom stereocenters. The lowest BCUT2D eigenvalue weighted by Gasteiger charge is -2.08. The summed E-state index contributed by atoms with van der Waals surface area (Å²) in [6.07, 6.45) is 1.73. The van der Waals surface area contributed by atoms with E-state index in [9.17, 15) is 14.9 Å². The van der Waals surface area contributed by atoms with Gasteiger partial charge in [0.05, 0.1) is 23.1 Å². The Morgan fingerprint density at radius 3 is 3.00 bits per heavy atom. The number of halogens is 1. The van der Waals surface area contributed by atoms with Gasteiger partial charge in [0.15, 0.2) is 0 Å². The first-order valence-corrected chi connectivity index (χ1v) is 5.72. The van der Waals surface area contributed by atoms with Gasteiger partial charge in [-0.05, 0) is 6.42 Å². The van der Waals surface area contributed by atoms with Crippen LogP contribution in [0.5, 0.6) is 0 Å². The molecular weight excluding hydrogens is 262 g/mol. The quantitative estimate of drug-likeness (QED) is 0.445. The van der Waals surface area contributed by atoms with Gasteiger partial charge in [-0.1, -0.05) is 0 Å². The summed E-state index contributed by atoms with van der Waals surface area (Å²) in [6.45, 7) is 0.786. The van der Waals surface area contributed by atoms with Gasteiger partial charge in [-0.3, -0.25) is 14.9 Å². The Morgan fingerprint density at radius 1 is 1.72 bits per heavy atom. The SMILES string of the molecule is COCC(Cl)CCNC(=O)c1cc([N+](=O)[O-])c[nH]1. The van der Waals surface area contributed by atoms with Crippen molar-refractivity contribution in [3.8, 4) is 0 Å². The Balaban J connectivity index is 2.38. The third kappa shape index (κ3) is 4.34. The van der Waals surface area contributed by atoms with Crippen LogP contribution in [0.4, 0.5) is 5.69 Å². The van der Waals surface area contributed by atoms with E-state index in [-0.39, 0.29) is 16.8 Å². The molecule has 0 radical (unpaired) electrons. The Labute approximate surface area is 109 Å². The fourth-order valence-electron chi connectivity index (χ4n) is 1.32. The molecule has 1 amide bonds. The van der Waals surface area contributed by atoms with Crippen molar-refractivity contribution in [2.24, 2.45) is 0 Å². The molecule has 1 aromatic rings.